The third-order valence-corrected chi connectivity index (χ3v) is 17.3. The Morgan fingerprint density at radius 2 is 0.671 bits per heavy atom. The van der Waals surface area contributed by atoms with Crippen molar-refractivity contribution in [3.8, 4) is 0 Å². The Balaban J connectivity index is 1.80. The second-order valence-electron chi connectivity index (χ2n) is 26.3. The Morgan fingerprint density at radius 3 is 1.00 bits per heavy atom. The van der Waals surface area contributed by atoms with Gasteiger partial charge in [-0.15, -0.1) is 0 Å². The van der Waals surface area contributed by atoms with Crippen molar-refractivity contribution in [2.75, 3.05) is 0 Å². The van der Waals surface area contributed by atoms with E-state index in [0.29, 0.717) is 25.7 Å². The Kier molecular flexibility index (Phi) is 35.7. The number of hydrogen-bond acceptors (Lipinski definition) is 8. The SMILES string of the molecule is CCCCCC/C=C\CCCCCCCC(=O)O[C@H]1CC(C)(C)[C@](O)(/C=C/C(C)=C/C=C/C(C)=C/C=C/C=C(C)/C=C/C=C(C)/C=C/[C@@]2(O)C(C)(C)C[C@H](OC(=O)CCCCCCC/C=C\CCCCCCCC)C[C@@]2(C)O)[C@](C)(O)C1. The largest absolute Gasteiger partial charge is 0.462 e. The second kappa shape index (κ2) is 39.5. The van der Waals surface area contributed by atoms with Gasteiger partial charge in [0.05, 0.1) is 11.2 Å². The van der Waals surface area contributed by atoms with Crippen molar-refractivity contribution in [2.24, 2.45) is 10.8 Å². The van der Waals surface area contributed by atoms with Crippen LogP contribution in [0.25, 0.3) is 0 Å². The van der Waals surface area contributed by atoms with Crippen LogP contribution in [0, 0.1) is 10.8 Å². The molecule has 0 aromatic carbocycles. The molecular formula is C74H120O8. The van der Waals surface area contributed by atoms with Crippen molar-refractivity contribution in [1.82, 2.24) is 0 Å². The normalized spacial score (nSPS) is 25.9. The Morgan fingerprint density at radius 1 is 0.390 bits per heavy atom. The van der Waals surface area contributed by atoms with E-state index in [1.165, 1.54) is 103 Å². The molecular weight excluding hydrogens is 1020 g/mol. The monoisotopic (exact) mass is 1140 g/mol. The van der Waals surface area contributed by atoms with Crippen LogP contribution in [0.3, 0.4) is 0 Å². The highest BCUT2D eigenvalue weighted by atomic mass is 16.5. The van der Waals surface area contributed by atoms with Crippen LogP contribution in [0.2, 0.25) is 0 Å². The van der Waals surface area contributed by atoms with Crippen LogP contribution >= 0.6 is 0 Å². The van der Waals surface area contributed by atoms with Gasteiger partial charge >= 0.3 is 11.9 Å². The fraction of sp³-hybridized carbons (Fsp3) is 0.676. The van der Waals surface area contributed by atoms with Crippen LogP contribution in [0.5, 0.6) is 0 Å². The molecule has 2 rings (SSSR count). The molecule has 0 aromatic heterocycles. The van der Waals surface area contributed by atoms with Crippen LogP contribution in [0.1, 0.15) is 276 Å². The number of allylic oxidation sites excluding steroid dienone is 20. The van der Waals surface area contributed by atoms with Gasteiger partial charge in [-0.1, -0.05) is 251 Å². The van der Waals surface area contributed by atoms with Crippen LogP contribution < -0.4 is 0 Å². The van der Waals surface area contributed by atoms with Crippen molar-refractivity contribution < 1.29 is 39.5 Å². The fourth-order valence-corrected chi connectivity index (χ4v) is 11.9. The number of carbonyl (C=O) groups is 2. The predicted molar refractivity (Wildman–Crippen MR) is 347 cm³/mol. The van der Waals surface area contributed by atoms with Gasteiger partial charge in [-0.3, -0.25) is 9.59 Å². The maximum absolute atomic E-state index is 12.9. The highest BCUT2D eigenvalue weighted by molar-refractivity contribution is 5.70. The molecule has 0 aliphatic heterocycles. The number of rotatable bonds is 40. The summed E-state index contributed by atoms with van der Waals surface area (Å²) in [6, 6.07) is 0. The summed E-state index contributed by atoms with van der Waals surface area (Å²) in [5.74, 6) is -0.456. The van der Waals surface area contributed by atoms with Gasteiger partial charge < -0.3 is 29.9 Å². The van der Waals surface area contributed by atoms with E-state index in [-0.39, 0.29) is 24.8 Å². The molecule has 0 amide bonds. The molecule has 0 heterocycles. The zero-order valence-electron chi connectivity index (χ0n) is 54.2. The number of ether oxygens (including phenoxy) is 2. The fourth-order valence-electron chi connectivity index (χ4n) is 11.9. The standard InChI is InChI=1S/C74H120O8/c1-13-15-17-19-21-23-25-27-28-30-32-34-36-38-40-52-68(76)82-66-58-70(9,10)74(80,72(12,78)60-66)56-54-64(6)50-44-48-62(4)46-42-41-45-61(3)47-43-49-63(5)53-55-73(79)69(7,8)57-65(59-71(73,11)77)81-67(75)51-39-37-35-33-31-29-26-24-22-20-18-16-14-2/h24,26-28,41-50,53-56,65-66,77-80H,13-23,25,29-40,51-52,57-60H2,1-12H3/b26-24-,28-27-,42-41+,47-43+,48-44+,55-53+,56-54+,61-45+,62-46+,63-49+,64-50+/t65-,66-,71+,72+,73+,74+/m0/s1. The Bertz CT molecular complexity index is 2140. The molecule has 2 aliphatic carbocycles. The molecule has 464 valence electrons. The predicted octanol–water partition coefficient (Wildman–Crippen LogP) is 19.3. The molecule has 2 saturated carbocycles. The highest BCUT2D eigenvalue weighted by Crippen LogP contribution is 2.52. The first-order valence-electron chi connectivity index (χ1n) is 32.5. The Labute approximate surface area is 502 Å². The smallest absolute Gasteiger partial charge is 0.306 e. The van der Waals surface area contributed by atoms with Crippen LogP contribution in [0.4, 0.5) is 0 Å². The maximum Gasteiger partial charge on any atom is 0.306 e. The van der Waals surface area contributed by atoms with E-state index in [2.05, 4.69) is 38.2 Å². The average molecular weight is 1140 g/mol. The molecule has 6 atom stereocenters. The molecule has 0 radical (unpaired) electrons. The average Bonchev–Trinajstić information content (AvgIpc) is 2.41. The molecule has 8 heteroatoms. The lowest BCUT2D eigenvalue weighted by molar-refractivity contribution is -0.223. The summed E-state index contributed by atoms with van der Waals surface area (Å²) in [5, 5.41) is 47.4. The minimum atomic E-state index is -1.53. The number of carbonyl (C=O) groups excluding carboxylic acids is 2. The van der Waals surface area contributed by atoms with Gasteiger partial charge in [0.2, 0.25) is 0 Å². The molecule has 0 aromatic rings. The minimum Gasteiger partial charge on any atom is -0.462 e. The van der Waals surface area contributed by atoms with E-state index < -0.39 is 45.4 Å². The topological polar surface area (TPSA) is 134 Å². The van der Waals surface area contributed by atoms with E-state index in [9.17, 15) is 30.0 Å². The van der Waals surface area contributed by atoms with Crippen molar-refractivity contribution in [1.29, 1.82) is 0 Å². The van der Waals surface area contributed by atoms with E-state index in [4.69, 9.17) is 9.47 Å². The molecule has 82 heavy (non-hydrogen) atoms. The lowest BCUT2D eigenvalue weighted by Crippen LogP contribution is -2.65. The minimum absolute atomic E-state index is 0.161. The summed E-state index contributed by atoms with van der Waals surface area (Å²) in [4.78, 5) is 25.7. The van der Waals surface area contributed by atoms with E-state index in [1.54, 1.807) is 26.0 Å². The highest BCUT2D eigenvalue weighted by Gasteiger charge is 2.60. The summed E-state index contributed by atoms with van der Waals surface area (Å²) < 4.78 is 11.8. The molecule has 0 unspecified atom stereocenters. The van der Waals surface area contributed by atoms with Crippen molar-refractivity contribution in [3.05, 3.63) is 132 Å². The first kappa shape index (κ1) is 74.0. The Hall–Kier alpha value is -4.08. The number of unbranched alkanes of at least 4 members (excludes halogenated alkanes) is 20. The molecule has 0 saturated heterocycles. The quantitative estimate of drug-likeness (QED) is 0.0206. The van der Waals surface area contributed by atoms with E-state index >= 15 is 0 Å². The molecule has 2 fully saturated rings. The van der Waals surface area contributed by atoms with Gasteiger partial charge in [0, 0.05) is 36.5 Å². The van der Waals surface area contributed by atoms with Crippen LogP contribution in [0.15, 0.2) is 132 Å². The summed E-state index contributed by atoms with van der Waals surface area (Å²) in [7, 11) is 0. The van der Waals surface area contributed by atoms with Crippen molar-refractivity contribution >= 4 is 11.9 Å². The number of esters is 2. The molecule has 2 aliphatic rings. The summed E-state index contributed by atoms with van der Waals surface area (Å²) in [6.45, 7) is 23.5. The van der Waals surface area contributed by atoms with Crippen molar-refractivity contribution in [3.63, 3.8) is 0 Å². The molecule has 4 N–H and O–H groups in total. The third kappa shape index (κ3) is 28.2. The first-order valence-corrected chi connectivity index (χ1v) is 32.5. The lowest BCUT2D eigenvalue weighted by atomic mass is 9.57. The molecule has 0 bridgehead atoms. The zero-order chi connectivity index (χ0) is 61.0. The summed E-state index contributed by atoms with van der Waals surface area (Å²) in [5.41, 5.74) is -3.64. The molecule has 8 nitrogen and oxygen atoms in total. The molecule has 0 spiro atoms. The zero-order valence-corrected chi connectivity index (χ0v) is 54.2. The van der Waals surface area contributed by atoms with Gasteiger partial charge in [0.1, 0.15) is 23.4 Å². The number of aliphatic hydroxyl groups is 4. The summed E-state index contributed by atoms with van der Waals surface area (Å²) >= 11 is 0. The van der Waals surface area contributed by atoms with Gasteiger partial charge in [0.25, 0.3) is 0 Å². The van der Waals surface area contributed by atoms with Gasteiger partial charge in [-0.25, -0.2) is 0 Å². The second-order valence-corrected chi connectivity index (χ2v) is 26.3. The van der Waals surface area contributed by atoms with E-state index in [0.717, 1.165) is 73.7 Å². The van der Waals surface area contributed by atoms with Gasteiger partial charge in [-0.2, -0.15) is 0 Å². The first-order chi connectivity index (χ1) is 38.8. The van der Waals surface area contributed by atoms with Crippen molar-refractivity contribution in [2.45, 2.75) is 310 Å². The lowest BCUT2D eigenvalue weighted by Gasteiger charge is -2.55. The number of hydrogen-bond donors (Lipinski definition) is 4. The van der Waals surface area contributed by atoms with Crippen LogP contribution in [-0.4, -0.2) is 67.0 Å². The van der Waals surface area contributed by atoms with Gasteiger partial charge in [-0.05, 0) is 131 Å². The van der Waals surface area contributed by atoms with Gasteiger partial charge in [0.15, 0.2) is 0 Å². The third-order valence-electron chi connectivity index (χ3n) is 17.3. The summed E-state index contributed by atoms with van der Waals surface area (Å²) in [6.07, 6.45) is 65.9. The van der Waals surface area contributed by atoms with Crippen LogP contribution in [-0.2, 0) is 19.1 Å². The van der Waals surface area contributed by atoms with E-state index in [1.807, 2.05) is 128 Å². The maximum atomic E-state index is 12.9.